The lowest BCUT2D eigenvalue weighted by Crippen LogP contribution is -2.60. The van der Waals surface area contributed by atoms with Gasteiger partial charge < -0.3 is 14.2 Å². The van der Waals surface area contributed by atoms with E-state index < -0.39 is 34.6 Å². The van der Waals surface area contributed by atoms with Crippen LogP contribution >= 0.6 is 11.6 Å². The molecule has 9 atom stereocenters. The van der Waals surface area contributed by atoms with E-state index in [9.17, 15) is 19.2 Å². The lowest BCUT2D eigenvalue weighted by molar-refractivity contribution is -0.154. The largest absolute Gasteiger partial charge is 0.462 e. The summed E-state index contributed by atoms with van der Waals surface area (Å²) >= 11 is 6.08. The van der Waals surface area contributed by atoms with Crippen LogP contribution in [-0.2, 0) is 33.4 Å². The molecule has 3 unspecified atom stereocenters. The number of Topliss-reactive ketones (excluding diaryl/α,β-unsaturated/α-hetero) is 1. The lowest BCUT2D eigenvalue weighted by atomic mass is 9.46. The van der Waals surface area contributed by atoms with Gasteiger partial charge in [-0.1, -0.05) is 26.8 Å². The fourth-order valence-corrected chi connectivity index (χ4v) is 8.56. The molecule has 3 saturated carbocycles. The second kappa shape index (κ2) is 9.33. The first-order chi connectivity index (χ1) is 17.6. The minimum atomic E-state index is -0.615. The molecule has 0 bridgehead atoms. The van der Waals surface area contributed by atoms with Gasteiger partial charge >= 0.3 is 11.9 Å². The zero-order valence-electron chi connectivity index (χ0n) is 22.1. The summed E-state index contributed by atoms with van der Waals surface area (Å²) in [6.45, 7) is 8.03. The van der Waals surface area contributed by atoms with Gasteiger partial charge in [0.15, 0.2) is 11.6 Å². The summed E-state index contributed by atoms with van der Waals surface area (Å²) in [5.74, 6) is -1.49. The maximum atomic E-state index is 13.2. The molecule has 1 saturated heterocycles. The van der Waals surface area contributed by atoms with Crippen molar-refractivity contribution in [3.63, 3.8) is 0 Å². The molecule has 1 heterocycles. The van der Waals surface area contributed by atoms with Crippen molar-refractivity contribution in [2.24, 2.45) is 28.6 Å². The number of alkyl halides is 1. The number of ether oxygens (including phenoxy) is 3. The SMILES string of the molecule is CCCC(=O)OC1C[C@H]2[C@@H]3CC(OC(=O)CCC)[C@H](C(=O)CCl)[C@@]3(C)CC3O[C@]32[C@@]2(C)C=CC(=O)C=C12. The van der Waals surface area contributed by atoms with Gasteiger partial charge in [0.2, 0.25) is 0 Å². The summed E-state index contributed by atoms with van der Waals surface area (Å²) in [6.07, 6.45) is 7.57. The number of carbonyl (C=O) groups is 4. The summed E-state index contributed by atoms with van der Waals surface area (Å²) in [5, 5.41) is 0. The number of rotatable bonds is 8. The molecule has 0 radical (unpaired) electrons. The Bertz CT molecular complexity index is 1080. The van der Waals surface area contributed by atoms with E-state index >= 15 is 0 Å². The molecule has 0 aromatic carbocycles. The molecule has 0 aromatic rings. The summed E-state index contributed by atoms with van der Waals surface area (Å²) in [6, 6.07) is 0. The number of ketones is 2. The Labute approximate surface area is 223 Å². The van der Waals surface area contributed by atoms with Gasteiger partial charge in [-0.15, -0.1) is 11.6 Å². The van der Waals surface area contributed by atoms with Crippen LogP contribution in [0, 0.1) is 28.6 Å². The quantitative estimate of drug-likeness (QED) is 0.258. The van der Waals surface area contributed by atoms with Crippen LogP contribution in [0.25, 0.3) is 0 Å². The molecular weight excluding hydrogens is 496 g/mol. The maximum Gasteiger partial charge on any atom is 0.306 e. The van der Waals surface area contributed by atoms with Crippen molar-refractivity contribution in [2.75, 3.05) is 5.88 Å². The Hall–Kier alpha value is -1.99. The molecule has 0 N–H and O–H groups in total. The van der Waals surface area contributed by atoms with Gasteiger partial charge in [0.05, 0.1) is 17.9 Å². The van der Waals surface area contributed by atoms with Gasteiger partial charge in [-0.05, 0) is 74.0 Å². The van der Waals surface area contributed by atoms with E-state index in [0.717, 1.165) is 5.57 Å². The van der Waals surface area contributed by atoms with Crippen LogP contribution in [0.4, 0.5) is 0 Å². The van der Waals surface area contributed by atoms with Crippen LogP contribution in [0.2, 0.25) is 0 Å². The highest BCUT2D eigenvalue weighted by Gasteiger charge is 2.81. The number of hydrogen-bond acceptors (Lipinski definition) is 7. The van der Waals surface area contributed by atoms with Crippen molar-refractivity contribution in [3.8, 4) is 0 Å². The average Bonchev–Trinajstić information content (AvgIpc) is 3.48. The highest BCUT2D eigenvalue weighted by atomic mass is 35.5. The van der Waals surface area contributed by atoms with Gasteiger partial charge in [-0.2, -0.15) is 0 Å². The highest BCUT2D eigenvalue weighted by molar-refractivity contribution is 6.28. The molecule has 0 amide bonds. The maximum absolute atomic E-state index is 13.2. The minimum absolute atomic E-state index is 0.000349. The first-order valence-corrected chi connectivity index (χ1v) is 14.2. The van der Waals surface area contributed by atoms with Crippen LogP contribution in [0.3, 0.4) is 0 Å². The topological polar surface area (TPSA) is 99.3 Å². The number of carbonyl (C=O) groups excluding carboxylic acids is 4. The molecule has 37 heavy (non-hydrogen) atoms. The third kappa shape index (κ3) is 3.86. The Morgan fingerprint density at radius 2 is 1.73 bits per heavy atom. The second-order valence-electron chi connectivity index (χ2n) is 11.9. The number of halogens is 1. The van der Waals surface area contributed by atoms with Crippen LogP contribution < -0.4 is 0 Å². The van der Waals surface area contributed by atoms with Crippen molar-refractivity contribution in [3.05, 3.63) is 23.8 Å². The fraction of sp³-hybridized carbons (Fsp3) is 0.724. The van der Waals surface area contributed by atoms with Crippen LogP contribution in [0.1, 0.15) is 72.6 Å². The number of fused-ring (bicyclic) bond motifs is 3. The van der Waals surface area contributed by atoms with Crippen molar-refractivity contribution in [2.45, 2.75) is 96.6 Å². The summed E-state index contributed by atoms with van der Waals surface area (Å²) in [7, 11) is 0. The first-order valence-electron chi connectivity index (χ1n) is 13.7. The van der Waals surface area contributed by atoms with Gasteiger partial charge in [0.25, 0.3) is 0 Å². The molecule has 8 heteroatoms. The zero-order chi connectivity index (χ0) is 26.8. The van der Waals surface area contributed by atoms with Crippen LogP contribution in [0.15, 0.2) is 23.8 Å². The number of hydrogen-bond donors (Lipinski definition) is 0. The van der Waals surface area contributed by atoms with Gasteiger partial charge in [-0.3, -0.25) is 19.2 Å². The minimum Gasteiger partial charge on any atom is -0.462 e. The normalized spacial score (nSPS) is 43.1. The zero-order valence-corrected chi connectivity index (χ0v) is 22.8. The molecule has 4 aliphatic carbocycles. The Balaban J connectivity index is 1.55. The number of allylic oxidation sites excluding steroid dienone is 2. The van der Waals surface area contributed by atoms with Gasteiger partial charge in [-0.25, -0.2) is 0 Å². The first kappa shape index (κ1) is 26.6. The van der Waals surface area contributed by atoms with Crippen molar-refractivity contribution < 1.29 is 33.4 Å². The summed E-state index contributed by atoms with van der Waals surface area (Å²) in [4.78, 5) is 50.8. The van der Waals surface area contributed by atoms with Crippen LogP contribution in [-0.4, -0.2) is 53.3 Å². The predicted molar refractivity (Wildman–Crippen MR) is 136 cm³/mol. The highest BCUT2D eigenvalue weighted by Crippen LogP contribution is 2.75. The standard InChI is InChI=1S/C29H37ClO7/c1-5-7-24(33)35-21-13-18-17-12-22(36-25(34)8-6-2)26(20(32)15-30)27(17,3)14-23-29(18,37-23)28(4)10-9-16(31)11-19(21)28/h9-11,17-18,21-23,26H,5-8,12-15H2,1-4H3/t17-,18-,21?,22?,23?,26-,27-,28-,29-/m0/s1. The molecule has 1 spiro atoms. The van der Waals surface area contributed by atoms with E-state index in [1.54, 1.807) is 12.2 Å². The molecule has 202 valence electrons. The third-order valence-electron chi connectivity index (χ3n) is 9.88. The Kier molecular flexibility index (Phi) is 6.71. The summed E-state index contributed by atoms with van der Waals surface area (Å²) in [5.41, 5.74) is -0.841. The van der Waals surface area contributed by atoms with Crippen molar-refractivity contribution in [1.82, 2.24) is 0 Å². The van der Waals surface area contributed by atoms with E-state index in [1.807, 2.05) is 19.9 Å². The molecule has 5 aliphatic rings. The van der Waals surface area contributed by atoms with Crippen molar-refractivity contribution >= 4 is 35.1 Å². The smallest absolute Gasteiger partial charge is 0.306 e. The summed E-state index contributed by atoms with van der Waals surface area (Å²) < 4.78 is 18.5. The Morgan fingerprint density at radius 3 is 2.38 bits per heavy atom. The number of esters is 2. The van der Waals surface area contributed by atoms with Gasteiger partial charge in [0, 0.05) is 18.3 Å². The molecule has 7 nitrogen and oxygen atoms in total. The monoisotopic (exact) mass is 532 g/mol. The lowest BCUT2D eigenvalue weighted by Gasteiger charge is -2.55. The molecule has 0 aromatic heterocycles. The van der Waals surface area contributed by atoms with E-state index in [-0.39, 0.29) is 47.3 Å². The second-order valence-corrected chi connectivity index (χ2v) is 12.2. The van der Waals surface area contributed by atoms with Crippen molar-refractivity contribution in [1.29, 1.82) is 0 Å². The van der Waals surface area contributed by atoms with Gasteiger partial charge in [0.1, 0.15) is 17.8 Å². The van der Waals surface area contributed by atoms with E-state index in [0.29, 0.717) is 44.9 Å². The van der Waals surface area contributed by atoms with E-state index in [4.69, 9.17) is 25.8 Å². The molecule has 4 fully saturated rings. The predicted octanol–water partition coefficient (Wildman–Crippen LogP) is 4.49. The molecular formula is C29H37ClO7. The third-order valence-corrected chi connectivity index (χ3v) is 10.1. The molecule has 5 rings (SSSR count). The fourth-order valence-electron chi connectivity index (χ4n) is 8.39. The Morgan fingerprint density at radius 1 is 1.05 bits per heavy atom. The molecule has 1 aliphatic heterocycles. The average molecular weight is 533 g/mol. The van der Waals surface area contributed by atoms with E-state index in [2.05, 4.69) is 13.8 Å². The number of epoxide rings is 1. The van der Waals surface area contributed by atoms with Crippen LogP contribution in [0.5, 0.6) is 0 Å². The van der Waals surface area contributed by atoms with E-state index in [1.165, 1.54) is 0 Å².